The number of carbonyl (C=O) groups excluding carboxylic acids is 1. The zero-order valence-electron chi connectivity index (χ0n) is 19.4. The Morgan fingerprint density at radius 2 is 1.86 bits per heavy atom. The molecular weight excluding hydrogens is 448 g/mol. The fourth-order valence-corrected chi connectivity index (χ4v) is 4.13. The lowest BCUT2D eigenvalue weighted by Gasteiger charge is -2.28. The Hall–Kier alpha value is -4.24. The number of carbonyl (C=O) groups is 1. The van der Waals surface area contributed by atoms with Crippen molar-refractivity contribution in [1.29, 1.82) is 0 Å². The summed E-state index contributed by atoms with van der Waals surface area (Å²) in [7, 11) is 0. The van der Waals surface area contributed by atoms with Crippen LogP contribution >= 0.6 is 0 Å². The van der Waals surface area contributed by atoms with Gasteiger partial charge < -0.3 is 19.4 Å². The Bertz CT molecular complexity index is 1440. The highest BCUT2D eigenvalue weighted by molar-refractivity contribution is 6.05. The number of nitrogens with zero attached hydrogens (tertiary/aromatic N) is 3. The molecular formula is C26H24N4O5. The minimum absolute atomic E-state index is 0.105. The van der Waals surface area contributed by atoms with Gasteiger partial charge in [-0.3, -0.25) is 14.9 Å². The van der Waals surface area contributed by atoms with Crippen LogP contribution in [0.1, 0.15) is 21.5 Å². The topological polar surface area (TPSA) is 111 Å². The predicted octanol–water partition coefficient (Wildman–Crippen LogP) is 5.11. The fraction of sp³-hybridized carbons (Fsp3) is 0.231. The smallest absolute Gasteiger partial charge is 0.293 e. The van der Waals surface area contributed by atoms with Crippen molar-refractivity contribution in [1.82, 2.24) is 4.98 Å². The largest absolute Gasteiger partial charge is 0.436 e. The molecule has 3 aromatic carbocycles. The second-order valence-corrected chi connectivity index (χ2v) is 8.53. The number of hydrogen-bond donors (Lipinski definition) is 1. The molecule has 1 aliphatic heterocycles. The molecule has 0 bridgehead atoms. The average Bonchev–Trinajstić information content (AvgIpc) is 3.28. The number of anilines is 2. The SMILES string of the molecule is Cc1ccc2oc(-c3ccc(C)c(NC(=O)c4ccc(N5CCOCC5)c([N+](=O)[O-])c4)c3)nc2c1. The molecule has 0 saturated carbocycles. The van der Waals surface area contributed by atoms with Crippen molar-refractivity contribution >= 4 is 34.1 Å². The number of aryl methyl sites for hydroxylation is 2. The number of aromatic nitrogens is 1. The van der Waals surface area contributed by atoms with Crippen molar-refractivity contribution in [3.8, 4) is 11.5 Å². The van der Waals surface area contributed by atoms with Crippen LogP contribution in [0.5, 0.6) is 0 Å². The van der Waals surface area contributed by atoms with E-state index >= 15 is 0 Å². The molecule has 5 rings (SSSR count). The minimum atomic E-state index is -0.456. The summed E-state index contributed by atoms with van der Waals surface area (Å²) in [6.45, 7) is 6.01. The Balaban J connectivity index is 1.42. The van der Waals surface area contributed by atoms with Gasteiger partial charge in [0.25, 0.3) is 11.6 Å². The standard InChI is InChI=1S/C26H24N4O5/c1-16-3-8-24-21(13-16)28-26(35-24)19-5-4-17(2)20(14-19)27-25(31)18-6-7-22(23(15-18)30(32)33)29-9-11-34-12-10-29/h3-8,13-15H,9-12H2,1-2H3,(H,27,31). The molecule has 0 aliphatic carbocycles. The summed E-state index contributed by atoms with van der Waals surface area (Å²) in [5.41, 5.74) is 5.25. The van der Waals surface area contributed by atoms with Crippen molar-refractivity contribution in [2.45, 2.75) is 13.8 Å². The molecule has 1 amide bonds. The summed E-state index contributed by atoms with van der Waals surface area (Å²) < 4.78 is 11.2. The van der Waals surface area contributed by atoms with E-state index in [-0.39, 0.29) is 11.3 Å². The van der Waals surface area contributed by atoms with Gasteiger partial charge in [0.05, 0.1) is 18.1 Å². The van der Waals surface area contributed by atoms with Crippen LogP contribution in [0.25, 0.3) is 22.6 Å². The van der Waals surface area contributed by atoms with Crippen LogP contribution in [0.4, 0.5) is 17.1 Å². The van der Waals surface area contributed by atoms with Gasteiger partial charge in [-0.15, -0.1) is 0 Å². The monoisotopic (exact) mass is 472 g/mol. The third-order valence-corrected chi connectivity index (χ3v) is 6.06. The summed E-state index contributed by atoms with van der Waals surface area (Å²) >= 11 is 0. The van der Waals surface area contributed by atoms with Gasteiger partial charge in [-0.05, 0) is 61.4 Å². The van der Waals surface area contributed by atoms with Gasteiger partial charge in [0.15, 0.2) is 5.58 Å². The number of morpholine rings is 1. The number of amides is 1. The number of benzene rings is 3. The first-order valence-electron chi connectivity index (χ1n) is 11.3. The maximum absolute atomic E-state index is 13.0. The van der Waals surface area contributed by atoms with Gasteiger partial charge in [0.1, 0.15) is 11.2 Å². The Morgan fingerprint density at radius 3 is 2.63 bits per heavy atom. The molecule has 1 fully saturated rings. The Morgan fingerprint density at radius 1 is 1.06 bits per heavy atom. The van der Waals surface area contributed by atoms with Crippen LogP contribution < -0.4 is 10.2 Å². The number of fused-ring (bicyclic) bond motifs is 1. The molecule has 35 heavy (non-hydrogen) atoms. The van der Waals surface area contributed by atoms with Crippen LogP contribution in [0.2, 0.25) is 0 Å². The zero-order valence-corrected chi connectivity index (χ0v) is 19.4. The minimum Gasteiger partial charge on any atom is -0.436 e. The number of nitro groups is 1. The highest BCUT2D eigenvalue weighted by Gasteiger charge is 2.23. The van der Waals surface area contributed by atoms with E-state index in [0.29, 0.717) is 54.7 Å². The highest BCUT2D eigenvalue weighted by atomic mass is 16.6. The van der Waals surface area contributed by atoms with E-state index in [4.69, 9.17) is 9.15 Å². The zero-order chi connectivity index (χ0) is 24.5. The maximum atomic E-state index is 13.0. The molecule has 1 saturated heterocycles. The van der Waals surface area contributed by atoms with Gasteiger partial charge in [0.2, 0.25) is 5.89 Å². The number of oxazole rings is 1. The molecule has 2 heterocycles. The number of hydrogen-bond acceptors (Lipinski definition) is 7. The molecule has 9 heteroatoms. The lowest BCUT2D eigenvalue weighted by molar-refractivity contribution is -0.384. The van der Waals surface area contributed by atoms with E-state index in [0.717, 1.165) is 16.6 Å². The Labute approximate surface area is 201 Å². The maximum Gasteiger partial charge on any atom is 0.293 e. The highest BCUT2D eigenvalue weighted by Crippen LogP contribution is 2.31. The van der Waals surface area contributed by atoms with Crippen molar-refractivity contribution < 1.29 is 18.9 Å². The van der Waals surface area contributed by atoms with E-state index in [1.165, 1.54) is 6.07 Å². The molecule has 0 atom stereocenters. The summed E-state index contributed by atoms with van der Waals surface area (Å²) in [4.78, 5) is 30.8. The van der Waals surface area contributed by atoms with Gasteiger partial charge in [0, 0.05) is 36.0 Å². The Kier molecular flexibility index (Phi) is 5.92. The third kappa shape index (κ3) is 4.58. The molecule has 0 radical (unpaired) electrons. The average molecular weight is 473 g/mol. The van der Waals surface area contributed by atoms with Crippen molar-refractivity contribution in [2.75, 3.05) is 36.5 Å². The van der Waals surface area contributed by atoms with Gasteiger partial charge in [-0.25, -0.2) is 4.98 Å². The molecule has 0 unspecified atom stereocenters. The lowest BCUT2D eigenvalue weighted by atomic mass is 10.1. The van der Waals surface area contributed by atoms with Crippen molar-refractivity contribution in [2.24, 2.45) is 0 Å². The number of nitro benzene ring substituents is 1. The number of rotatable bonds is 5. The summed E-state index contributed by atoms with van der Waals surface area (Å²) in [6.07, 6.45) is 0. The number of ether oxygens (including phenoxy) is 1. The second-order valence-electron chi connectivity index (χ2n) is 8.53. The lowest BCUT2D eigenvalue weighted by Crippen LogP contribution is -2.36. The van der Waals surface area contributed by atoms with Gasteiger partial charge in [-0.2, -0.15) is 0 Å². The molecule has 1 aliphatic rings. The van der Waals surface area contributed by atoms with Crippen LogP contribution in [-0.4, -0.2) is 42.1 Å². The summed E-state index contributed by atoms with van der Waals surface area (Å²) in [6, 6.07) is 15.9. The summed E-state index contributed by atoms with van der Waals surface area (Å²) in [5.74, 6) is 0.0154. The molecule has 1 aromatic heterocycles. The first-order chi connectivity index (χ1) is 16.9. The van der Waals surface area contributed by atoms with Gasteiger partial charge in [-0.1, -0.05) is 12.1 Å². The quantitative estimate of drug-likeness (QED) is 0.317. The van der Waals surface area contributed by atoms with Crippen LogP contribution in [0.3, 0.4) is 0 Å². The van der Waals surface area contributed by atoms with E-state index in [1.54, 1.807) is 18.2 Å². The first kappa shape index (κ1) is 22.5. The van der Waals surface area contributed by atoms with Crippen molar-refractivity contribution in [3.63, 3.8) is 0 Å². The number of nitrogens with one attached hydrogen (secondary N) is 1. The van der Waals surface area contributed by atoms with E-state index in [9.17, 15) is 14.9 Å². The van der Waals surface area contributed by atoms with Crippen LogP contribution in [0.15, 0.2) is 59.0 Å². The fourth-order valence-electron chi connectivity index (χ4n) is 4.13. The normalized spacial score (nSPS) is 13.7. The molecule has 4 aromatic rings. The first-order valence-corrected chi connectivity index (χ1v) is 11.3. The molecule has 178 valence electrons. The van der Waals surface area contributed by atoms with Crippen molar-refractivity contribution in [3.05, 3.63) is 81.4 Å². The predicted molar refractivity (Wildman–Crippen MR) is 133 cm³/mol. The van der Waals surface area contributed by atoms with E-state index < -0.39 is 10.8 Å². The van der Waals surface area contributed by atoms with Crippen LogP contribution in [0, 0.1) is 24.0 Å². The summed E-state index contributed by atoms with van der Waals surface area (Å²) in [5, 5.41) is 14.6. The third-order valence-electron chi connectivity index (χ3n) is 6.06. The molecule has 1 N–H and O–H groups in total. The van der Waals surface area contributed by atoms with Gasteiger partial charge >= 0.3 is 0 Å². The molecule has 0 spiro atoms. The van der Waals surface area contributed by atoms with E-state index in [1.807, 2.05) is 49.1 Å². The molecule has 9 nitrogen and oxygen atoms in total. The van der Waals surface area contributed by atoms with E-state index in [2.05, 4.69) is 10.3 Å². The second kappa shape index (κ2) is 9.19. The van der Waals surface area contributed by atoms with Crippen LogP contribution in [-0.2, 0) is 4.74 Å².